The first-order chi connectivity index (χ1) is 17.1. The van der Waals surface area contributed by atoms with Gasteiger partial charge in [-0.3, -0.25) is 0 Å². The molecular weight excluding hydrogens is 494 g/mol. The molecule has 0 bridgehead atoms. The lowest BCUT2D eigenvalue weighted by Gasteiger charge is -2.23. The molecule has 2 aliphatic heterocycles. The maximum absolute atomic E-state index is 14.5. The normalized spacial score (nSPS) is 26.2. The summed E-state index contributed by atoms with van der Waals surface area (Å²) < 4.78 is 54.9. The van der Waals surface area contributed by atoms with Gasteiger partial charge in [-0.05, 0) is 73.5 Å². The summed E-state index contributed by atoms with van der Waals surface area (Å²) in [6.45, 7) is 2.69. The van der Waals surface area contributed by atoms with Gasteiger partial charge in [0.15, 0.2) is 11.0 Å². The van der Waals surface area contributed by atoms with Gasteiger partial charge in [0.1, 0.15) is 12.0 Å². The summed E-state index contributed by atoms with van der Waals surface area (Å²) >= 11 is 1.63. The molecule has 1 aliphatic carbocycles. The SMILES string of the molecule is CN1C=CC(c2nnc(SCCCN3CC[C@]4(C[C@@H]4c4ccc(C(F)(F)F)cc4F)C3)n2C)=CC1O. The van der Waals surface area contributed by atoms with Crippen molar-refractivity contribution in [3.05, 3.63) is 59.3 Å². The molecule has 6 nitrogen and oxygen atoms in total. The fraction of sp³-hybridized carbons (Fsp3) is 0.520. The van der Waals surface area contributed by atoms with Gasteiger partial charge in [-0.25, -0.2) is 4.39 Å². The smallest absolute Gasteiger partial charge is 0.370 e. The van der Waals surface area contributed by atoms with Gasteiger partial charge in [0.25, 0.3) is 0 Å². The lowest BCUT2D eigenvalue weighted by molar-refractivity contribution is -0.137. The summed E-state index contributed by atoms with van der Waals surface area (Å²) in [6.07, 6.45) is 2.95. The molecule has 1 unspecified atom stereocenters. The topological polar surface area (TPSA) is 57.4 Å². The maximum Gasteiger partial charge on any atom is 0.416 e. The van der Waals surface area contributed by atoms with Crippen LogP contribution >= 0.6 is 11.8 Å². The molecule has 194 valence electrons. The molecule has 1 aromatic heterocycles. The highest BCUT2D eigenvalue weighted by Crippen LogP contribution is 2.64. The number of alkyl halides is 3. The number of thioether (sulfide) groups is 1. The Bertz CT molecular complexity index is 1200. The molecule has 0 amide bonds. The molecule has 1 saturated heterocycles. The van der Waals surface area contributed by atoms with Crippen molar-refractivity contribution in [2.75, 3.05) is 32.4 Å². The molecule has 36 heavy (non-hydrogen) atoms. The lowest BCUT2D eigenvalue weighted by atomic mass is 9.97. The number of hydrogen-bond acceptors (Lipinski definition) is 6. The number of rotatable bonds is 7. The molecular formula is C25H29F4N5OS. The van der Waals surface area contributed by atoms with Crippen molar-refractivity contribution in [1.29, 1.82) is 0 Å². The number of likely N-dealkylation sites (tertiary alicyclic amines) is 1. The minimum Gasteiger partial charge on any atom is -0.370 e. The number of halogens is 4. The van der Waals surface area contributed by atoms with Gasteiger partial charge < -0.3 is 19.5 Å². The average Bonchev–Trinajstić information content (AvgIpc) is 3.15. The second-order valence-corrected chi connectivity index (χ2v) is 11.0. The minimum absolute atomic E-state index is 0.00216. The Morgan fingerprint density at radius 1 is 1.22 bits per heavy atom. The standard InChI is InChI=1S/C25H29F4N5OS/c1-32-9-6-16(12-21(32)35)22-30-31-23(33(22)2)36-11-3-8-34-10-7-24(15-34)14-19(24)18-5-4-17(13-20(18)26)25(27,28)29/h4-6,9,12-13,19,21,35H,3,7-8,10-11,14-15H2,1-2H3/t19-,21?,24+/m1/s1. The van der Waals surface area contributed by atoms with Crippen LogP contribution in [0.2, 0.25) is 0 Å². The van der Waals surface area contributed by atoms with Gasteiger partial charge in [-0.15, -0.1) is 10.2 Å². The fourth-order valence-electron chi connectivity index (χ4n) is 5.31. The Kier molecular flexibility index (Phi) is 6.67. The molecule has 1 aromatic carbocycles. The van der Waals surface area contributed by atoms with Crippen molar-refractivity contribution in [3.8, 4) is 0 Å². The van der Waals surface area contributed by atoms with Crippen LogP contribution in [0.5, 0.6) is 0 Å². The van der Waals surface area contributed by atoms with E-state index in [1.807, 2.05) is 17.7 Å². The van der Waals surface area contributed by atoms with Crippen molar-refractivity contribution < 1.29 is 22.7 Å². The highest BCUT2D eigenvalue weighted by molar-refractivity contribution is 7.99. The Morgan fingerprint density at radius 2 is 2.03 bits per heavy atom. The predicted octanol–water partition coefficient (Wildman–Crippen LogP) is 4.50. The van der Waals surface area contributed by atoms with E-state index in [0.29, 0.717) is 17.5 Å². The zero-order valence-electron chi connectivity index (χ0n) is 20.2. The van der Waals surface area contributed by atoms with Gasteiger partial charge in [-0.2, -0.15) is 13.2 Å². The third-order valence-corrected chi connectivity index (χ3v) is 8.64. The van der Waals surface area contributed by atoms with E-state index in [2.05, 4.69) is 15.1 Å². The number of nitrogens with zero attached hydrogens (tertiary/aromatic N) is 5. The first-order valence-corrected chi connectivity index (χ1v) is 13.0. The van der Waals surface area contributed by atoms with Gasteiger partial charge in [0, 0.05) is 38.2 Å². The Labute approximate surface area is 211 Å². The monoisotopic (exact) mass is 523 g/mol. The summed E-state index contributed by atoms with van der Waals surface area (Å²) in [5, 5.41) is 19.4. The van der Waals surface area contributed by atoms with Crippen LogP contribution in [0.1, 0.15) is 42.1 Å². The molecule has 1 N–H and O–H groups in total. The zero-order chi connectivity index (χ0) is 25.7. The molecule has 1 spiro atoms. The molecule has 3 heterocycles. The number of aromatic nitrogens is 3. The van der Waals surface area contributed by atoms with E-state index in [1.165, 1.54) is 6.07 Å². The predicted molar refractivity (Wildman–Crippen MR) is 129 cm³/mol. The van der Waals surface area contributed by atoms with E-state index in [1.54, 1.807) is 36.0 Å². The molecule has 5 rings (SSSR count). The summed E-state index contributed by atoms with van der Waals surface area (Å²) in [7, 11) is 3.71. The third-order valence-electron chi connectivity index (χ3n) is 7.54. The molecule has 0 radical (unpaired) electrons. The van der Waals surface area contributed by atoms with E-state index in [9.17, 15) is 22.7 Å². The van der Waals surface area contributed by atoms with E-state index in [4.69, 9.17) is 0 Å². The van der Waals surface area contributed by atoms with E-state index in [-0.39, 0.29) is 11.3 Å². The van der Waals surface area contributed by atoms with Gasteiger partial charge in [0.05, 0.1) is 5.56 Å². The summed E-state index contributed by atoms with van der Waals surface area (Å²) in [6, 6.07) is 2.95. The first kappa shape index (κ1) is 25.3. The van der Waals surface area contributed by atoms with Crippen LogP contribution in [0.15, 0.2) is 41.7 Å². The highest BCUT2D eigenvalue weighted by Gasteiger charge is 2.58. The van der Waals surface area contributed by atoms with Crippen LogP contribution in [0.4, 0.5) is 17.6 Å². The number of hydrogen-bond donors (Lipinski definition) is 1. The van der Waals surface area contributed by atoms with Crippen molar-refractivity contribution in [2.24, 2.45) is 12.5 Å². The van der Waals surface area contributed by atoms with Crippen LogP contribution < -0.4 is 0 Å². The minimum atomic E-state index is -4.53. The Balaban J connectivity index is 1.10. The van der Waals surface area contributed by atoms with Crippen LogP contribution in [0.25, 0.3) is 5.57 Å². The number of likely N-dealkylation sites (N-methyl/N-ethyl adjacent to an activating group) is 1. The van der Waals surface area contributed by atoms with Crippen molar-refractivity contribution >= 4 is 17.3 Å². The summed E-state index contributed by atoms with van der Waals surface area (Å²) in [4.78, 5) is 4.07. The van der Waals surface area contributed by atoms with Crippen LogP contribution in [0, 0.1) is 11.2 Å². The van der Waals surface area contributed by atoms with Crippen LogP contribution in [-0.2, 0) is 13.2 Å². The fourth-order valence-corrected chi connectivity index (χ4v) is 6.15. The quantitative estimate of drug-likeness (QED) is 0.328. The van der Waals surface area contributed by atoms with Crippen molar-refractivity contribution in [1.82, 2.24) is 24.6 Å². The van der Waals surface area contributed by atoms with Gasteiger partial charge in [0.2, 0.25) is 0 Å². The number of allylic oxidation sites excluding steroid dienone is 2. The zero-order valence-corrected chi connectivity index (χ0v) is 21.0. The van der Waals surface area contributed by atoms with E-state index >= 15 is 0 Å². The Morgan fingerprint density at radius 3 is 2.75 bits per heavy atom. The molecule has 2 fully saturated rings. The summed E-state index contributed by atoms with van der Waals surface area (Å²) in [5.74, 6) is 0.827. The number of aliphatic hydroxyl groups excluding tert-OH is 1. The molecule has 3 aliphatic rings. The van der Waals surface area contributed by atoms with E-state index < -0.39 is 23.8 Å². The molecule has 1 saturated carbocycles. The van der Waals surface area contributed by atoms with Crippen molar-refractivity contribution in [2.45, 2.75) is 42.7 Å². The second kappa shape index (κ2) is 9.50. The average molecular weight is 524 g/mol. The van der Waals surface area contributed by atoms with Crippen molar-refractivity contribution in [3.63, 3.8) is 0 Å². The lowest BCUT2D eigenvalue weighted by Crippen LogP contribution is -2.26. The number of benzene rings is 1. The number of aliphatic hydroxyl groups is 1. The molecule has 11 heteroatoms. The largest absolute Gasteiger partial charge is 0.416 e. The third kappa shape index (κ3) is 4.92. The molecule has 3 atom stereocenters. The van der Waals surface area contributed by atoms with Crippen LogP contribution in [-0.4, -0.2) is 68.3 Å². The van der Waals surface area contributed by atoms with Gasteiger partial charge >= 0.3 is 6.18 Å². The maximum atomic E-state index is 14.5. The summed E-state index contributed by atoms with van der Waals surface area (Å²) in [5.41, 5.74) is 0.302. The highest BCUT2D eigenvalue weighted by atomic mass is 32.2. The van der Waals surface area contributed by atoms with E-state index in [0.717, 1.165) is 61.4 Å². The van der Waals surface area contributed by atoms with Crippen LogP contribution in [0.3, 0.4) is 0 Å². The van der Waals surface area contributed by atoms with Gasteiger partial charge in [-0.1, -0.05) is 17.8 Å². The Hall–Kier alpha value is -2.37. The molecule has 2 aromatic rings. The second-order valence-electron chi connectivity index (χ2n) is 9.96. The first-order valence-electron chi connectivity index (χ1n) is 12.0.